The Morgan fingerprint density at radius 1 is 0.348 bits per heavy atom. The molecule has 0 amide bonds. The lowest BCUT2D eigenvalue weighted by Crippen LogP contribution is -2.52. The summed E-state index contributed by atoms with van der Waals surface area (Å²) in [4.78, 5) is -0.562. The summed E-state index contributed by atoms with van der Waals surface area (Å²) >= 11 is 0. The molecule has 6 rings (SSSR count). The summed E-state index contributed by atoms with van der Waals surface area (Å²) < 4.78 is 154. The lowest BCUT2D eigenvalue weighted by Gasteiger charge is -2.37. The van der Waals surface area contributed by atoms with Crippen LogP contribution in [0.4, 0.5) is 0 Å². The predicted octanol–water partition coefficient (Wildman–Crippen LogP) is 6.41. The van der Waals surface area contributed by atoms with Gasteiger partial charge in [-0.05, 0) is 108 Å². The van der Waals surface area contributed by atoms with Crippen LogP contribution >= 0.6 is 0 Å². The second-order valence-electron chi connectivity index (χ2n) is 18.0. The van der Waals surface area contributed by atoms with Crippen LogP contribution in [0.25, 0.3) is 0 Å². The minimum Gasteiger partial charge on any atom is -0.207 e. The van der Waals surface area contributed by atoms with E-state index in [9.17, 15) is 33.7 Å². The Balaban J connectivity index is 1.60. The molecule has 0 N–H and O–H groups in total. The fraction of sp³-hybridized carbons (Fsp3) is 0.388. The van der Waals surface area contributed by atoms with Gasteiger partial charge in [0.1, 0.15) is 0 Å². The first kappa shape index (κ1) is 54.0. The Labute approximate surface area is 410 Å². The maximum atomic E-state index is 15.2. The molecule has 1 aliphatic rings. The van der Waals surface area contributed by atoms with Crippen LogP contribution in [0, 0.1) is 40.5 Å². The predicted molar refractivity (Wildman–Crippen MR) is 268 cm³/mol. The Hall–Kier alpha value is -4.35. The van der Waals surface area contributed by atoms with Crippen molar-refractivity contribution >= 4 is 50.1 Å². The molecule has 374 valence electrons. The second kappa shape index (κ2) is 22.0. The van der Waals surface area contributed by atoms with Crippen molar-refractivity contribution < 1.29 is 42.1 Å². The van der Waals surface area contributed by atoms with E-state index in [1.165, 1.54) is 60.7 Å². The fourth-order valence-corrected chi connectivity index (χ4v) is 15.4. The third-order valence-electron chi connectivity index (χ3n) is 12.2. The maximum Gasteiger partial charge on any atom is 0.243 e. The Morgan fingerprint density at radius 2 is 0.565 bits per heavy atom. The van der Waals surface area contributed by atoms with Gasteiger partial charge in [-0.15, -0.1) is 0 Å². The fourth-order valence-electron chi connectivity index (χ4n) is 8.09. The van der Waals surface area contributed by atoms with Crippen LogP contribution in [0.15, 0.2) is 146 Å². The van der Waals surface area contributed by atoms with Crippen LogP contribution < -0.4 is 0 Å². The number of nitrogens with zero attached hydrogens (tertiary/aromatic N) is 5. The van der Waals surface area contributed by atoms with Crippen LogP contribution in [0.2, 0.25) is 0 Å². The molecule has 5 aromatic carbocycles. The molecule has 1 unspecified atom stereocenters. The van der Waals surface area contributed by atoms with Gasteiger partial charge in [0, 0.05) is 64.9 Å². The van der Waals surface area contributed by atoms with Gasteiger partial charge in [0.05, 0.1) is 24.5 Å². The first-order valence-electron chi connectivity index (χ1n) is 22.7. The van der Waals surface area contributed by atoms with Crippen molar-refractivity contribution in [3.63, 3.8) is 0 Å². The quantitative estimate of drug-likeness (QED) is 0.135. The van der Waals surface area contributed by atoms with E-state index >= 15 is 8.42 Å². The van der Waals surface area contributed by atoms with Crippen LogP contribution in [-0.2, 0) is 50.1 Å². The normalized spacial score (nSPS) is 18.2. The number of hydrogen-bond acceptors (Lipinski definition) is 10. The first-order valence-corrected chi connectivity index (χ1v) is 29.9. The summed E-state index contributed by atoms with van der Waals surface area (Å²) in [6.45, 7) is 8.53. The van der Waals surface area contributed by atoms with Crippen molar-refractivity contribution in [1.82, 2.24) is 21.5 Å². The number of sulfonamides is 5. The molecule has 0 bridgehead atoms. The average Bonchev–Trinajstić information content (AvgIpc) is 3.29. The standard InChI is InChI=1S/C49H63N5O10S5/c1-38(2)36-44-37-53(68(61,62)48-24-14-42(6)15-25-48)33-32-51(66(57,58)46-20-10-40(4)11-21-46)29-28-50(65(55,56)45-18-8-39(3)9-19-45)30-31-52(67(59,60)47-22-12-41(5)13-23-47)34-35-54(44)69(63,64)49-26-16-43(7)17-27-49/h8-27,38,44H,28-37H2,1-7H3. The minimum atomic E-state index is -4.53. The van der Waals surface area contributed by atoms with Gasteiger partial charge in [-0.1, -0.05) is 102 Å². The van der Waals surface area contributed by atoms with Gasteiger partial charge in [-0.3, -0.25) is 0 Å². The van der Waals surface area contributed by atoms with Crippen molar-refractivity contribution in [2.45, 2.75) is 85.4 Å². The molecular formula is C49H63N5O10S5. The van der Waals surface area contributed by atoms with Crippen molar-refractivity contribution in [2.75, 3.05) is 58.9 Å². The lowest BCUT2D eigenvalue weighted by atomic mass is 10.0. The van der Waals surface area contributed by atoms with Crippen molar-refractivity contribution in [2.24, 2.45) is 5.92 Å². The minimum absolute atomic E-state index is 0.105. The van der Waals surface area contributed by atoms with E-state index in [1.807, 2.05) is 13.8 Å². The van der Waals surface area contributed by atoms with Crippen molar-refractivity contribution in [1.29, 1.82) is 0 Å². The molecule has 1 saturated heterocycles. The largest absolute Gasteiger partial charge is 0.243 e. The Bertz CT molecular complexity index is 3120. The molecule has 15 nitrogen and oxygen atoms in total. The maximum absolute atomic E-state index is 15.2. The summed E-state index contributed by atoms with van der Waals surface area (Å²) in [5, 5.41) is 0. The van der Waals surface area contributed by atoms with Crippen LogP contribution in [-0.4, -0.2) is 129 Å². The SMILES string of the molecule is Cc1ccc(S(=O)(=O)N2CCN(S(=O)(=O)c3ccc(C)cc3)CCN(S(=O)(=O)c3ccc(C)cc3)CC(CC(C)C)N(S(=O)(=O)c3ccc(C)cc3)CCN(S(=O)(=O)c3ccc(C)cc3)CC2)cc1. The van der Waals surface area contributed by atoms with E-state index < -0.39 is 115 Å². The zero-order valence-electron chi connectivity index (χ0n) is 40.1. The van der Waals surface area contributed by atoms with Crippen molar-refractivity contribution in [3.05, 3.63) is 149 Å². The highest BCUT2D eigenvalue weighted by molar-refractivity contribution is 7.90. The Kier molecular flexibility index (Phi) is 17.2. The summed E-state index contributed by atoms with van der Waals surface area (Å²) in [6.07, 6.45) is 0.115. The molecule has 5 aromatic rings. The molecule has 1 atom stereocenters. The lowest BCUT2D eigenvalue weighted by molar-refractivity contribution is 0.220. The molecule has 0 aliphatic carbocycles. The number of aryl methyl sites for hydroxylation is 5. The van der Waals surface area contributed by atoms with E-state index in [2.05, 4.69) is 0 Å². The van der Waals surface area contributed by atoms with Gasteiger partial charge < -0.3 is 0 Å². The highest BCUT2D eigenvalue weighted by Gasteiger charge is 2.39. The first-order chi connectivity index (χ1) is 32.3. The van der Waals surface area contributed by atoms with Crippen LogP contribution in [0.3, 0.4) is 0 Å². The van der Waals surface area contributed by atoms with Gasteiger partial charge in [-0.2, -0.15) is 21.5 Å². The third kappa shape index (κ3) is 12.8. The molecule has 1 heterocycles. The number of hydrogen-bond donors (Lipinski definition) is 0. The molecular weight excluding hydrogens is 979 g/mol. The van der Waals surface area contributed by atoms with E-state index in [4.69, 9.17) is 0 Å². The summed E-state index contributed by atoms with van der Waals surface area (Å²) in [6, 6.07) is 29.3. The van der Waals surface area contributed by atoms with Crippen LogP contribution in [0.5, 0.6) is 0 Å². The van der Waals surface area contributed by atoms with E-state index in [-0.39, 0.29) is 36.8 Å². The van der Waals surface area contributed by atoms with E-state index in [1.54, 1.807) is 95.3 Å². The number of rotatable bonds is 12. The highest BCUT2D eigenvalue weighted by Crippen LogP contribution is 2.28. The summed E-state index contributed by atoms with van der Waals surface area (Å²) in [7, 11) is -22.5. The zero-order valence-corrected chi connectivity index (χ0v) is 44.2. The molecule has 69 heavy (non-hydrogen) atoms. The average molecular weight is 1040 g/mol. The van der Waals surface area contributed by atoms with Crippen molar-refractivity contribution in [3.8, 4) is 0 Å². The Morgan fingerprint density at radius 3 is 0.826 bits per heavy atom. The molecule has 0 radical (unpaired) electrons. The molecule has 1 fully saturated rings. The van der Waals surface area contributed by atoms with Gasteiger partial charge in [0.25, 0.3) is 0 Å². The van der Waals surface area contributed by atoms with Gasteiger partial charge in [-0.25, -0.2) is 42.1 Å². The van der Waals surface area contributed by atoms with Crippen LogP contribution in [0.1, 0.15) is 48.1 Å². The second-order valence-corrected chi connectivity index (χ2v) is 27.7. The summed E-state index contributed by atoms with van der Waals surface area (Å²) in [5.41, 5.74) is 3.91. The third-order valence-corrected chi connectivity index (χ3v) is 21.8. The zero-order chi connectivity index (χ0) is 50.5. The smallest absolute Gasteiger partial charge is 0.207 e. The molecule has 0 saturated carbocycles. The molecule has 20 heteroatoms. The van der Waals surface area contributed by atoms with E-state index in [0.717, 1.165) is 49.3 Å². The number of benzene rings is 5. The molecule has 1 aliphatic heterocycles. The van der Waals surface area contributed by atoms with Gasteiger partial charge >= 0.3 is 0 Å². The molecule has 0 spiro atoms. The van der Waals surface area contributed by atoms with Gasteiger partial charge in [0.2, 0.25) is 50.1 Å². The summed E-state index contributed by atoms with van der Waals surface area (Å²) in [5.74, 6) is -0.219. The molecule has 0 aromatic heterocycles. The van der Waals surface area contributed by atoms with E-state index in [0.29, 0.717) is 0 Å². The van der Waals surface area contributed by atoms with Gasteiger partial charge in [0.15, 0.2) is 0 Å². The highest BCUT2D eigenvalue weighted by atomic mass is 32.2. The monoisotopic (exact) mass is 1040 g/mol. The topological polar surface area (TPSA) is 187 Å².